The average molecular weight is 296 g/mol. The van der Waals surface area contributed by atoms with E-state index in [1.54, 1.807) is 17.5 Å². The normalized spacial score (nSPS) is 24.1. The summed E-state index contributed by atoms with van der Waals surface area (Å²) in [7, 11) is 0. The first-order valence-electron chi connectivity index (χ1n) is 6.99. The Morgan fingerprint density at radius 3 is 2.75 bits per heavy atom. The van der Waals surface area contributed by atoms with Crippen LogP contribution in [0.3, 0.4) is 0 Å². The van der Waals surface area contributed by atoms with Crippen molar-refractivity contribution in [2.24, 2.45) is 11.8 Å². The third-order valence-electron chi connectivity index (χ3n) is 3.88. The van der Waals surface area contributed by atoms with Gasteiger partial charge in [-0.3, -0.25) is 9.59 Å². The number of thiazole rings is 1. The number of carbonyl (C=O) groups excluding carboxylic acids is 1. The monoisotopic (exact) mass is 296 g/mol. The van der Waals surface area contributed by atoms with Crippen molar-refractivity contribution in [1.29, 1.82) is 0 Å². The number of carboxylic acids is 1. The van der Waals surface area contributed by atoms with Gasteiger partial charge in [-0.05, 0) is 12.8 Å². The van der Waals surface area contributed by atoms with Crippen LogP contribution in [0.15, 0.2) is 11.6 Å². The zero-order valence-electron chi connectivity index (χ0n) is 11.5. The van der Waals surface area contributed by atoms with Crippen LogP contribution in [0, 0.1) is 11.8 Å². The van der Waals surface area contributed by atoms with Crippen molar-refractivity contribution >= 4 is 23.2 Å². The SMILES string of the molecule is CC(CNC(=O)C1CCCCC1C(=O)O)c1nccs1. The number of hydrogen-bond acceptors (Lipinski definition) is 4. The van der Waals surface area contributed by atoms with Gasteiger partial charge in [0.2, 0.25) is 5.91 Å². The van der Waals surface area contributed by atoms with Gasteiger partial charge in [0.05, 0.1) is 16.8 Å². The molecule has 1 aliphatic carbocycles. The molecule has 1 aromatic heterocycles. The van der Waals surface area contributed by atoms with Gasteiger partial charge in [0.1, 0.15) is 0 Å². The standard InChI is InChI=1S/C14H20N2O3S/c1-9(13-15-6-7-20-13)8-16-12(17)10-4-2-3-5-11(10)14(18)19/h6-7,9-11H,2-5,8H2,1H3,(H,16,17)(H,18,19). The summed E-state index contributed by atoms with van der Waals surface area (Å²) in [5, 5.41) is 15.0. The van der Waals surface area contributed by atoms with Crippen LogP contribution in [0.25, 0.3) is 0 Å². The first-order valence-corrected chi connectivity index (χ1v) is 7.87. The van der Waals surface area contributed by atoms with Gasteiger partial charge in [-0.2, -0.15) is 0 Å². The highest BCUT2D eigenvalue weighted by Gasteiger charge is 2.35. The van der Waals surface area contributed by atoms with Crippen molar-refractivity contribution < 1.29 is 14.7 Å². The fourth-order valence-electron chi connectivity index (χ4n) is 2.69. The van der Waals surface area contributed by atoms with Gasteiger partial charge in [0, 0.05) is 24.0 Å². The minimum absolute atomic E-state index is 0.125. The zero-order valence-corrected chi connectivity index (χ0v) is 12.4. The molecule has 5 nitrogen and oxygen atoms in total. The third kappa shape index (κ3) is 3.56. The van der Waals surface area contributed by atoms with Gasteiger partial charge in [-0.25, -0.2) is 4.98 Å². The molecule has 1 aliphatic rings. The van der Waals surface area contributed by atoms with E-state index in [4.69, 9.17) is 0 Å². The second-order valence-electron chi connectivity index (χ2n) is 5.35. The van der Waals surface area contributed by atoms with Crippen LogP contribution in [0.4, 0.5) is 0 Å². The molecule has 0 radical (unpaired) electrons. The van der Waals surface area contributed by atoms with E-state index in [1.807, 2.05) is 12.3 Å². The Morgan fingerprint density at radius 2 is 2.15 bits per heavy atom. The highest BCUT2D eigenvalue weighted by atomic mass is 32.1. The predicted molar refractivity (Wildman–Crippen MR) is 76.6 cm³/mol. The quantitative estimate of drug-likeness (QED) is 0.873. The summed E-state index contributed by atoms with van der Waals surface area (Å²) in [6.45, 7) is 2.52. The first-order chi connectivity index (χ1) is 9.59. The van der Waals surface area contributed by atoms with E-state index in [9.17, 15) is 14.7 Å². The number of amides is 1. The molecule has 3 atom stereocenters. The summed E-state index contributed by atoms with van der Waals surface area (Å²) in [4.78, 5) is 27.6. The Morgan fingerprint density at radius 1 is 1.45 bits per heavy atom. The molecule has 1 saturated carbocycles. The topological polar surface area (TPSA) is 79.3 Å². The van der Waals surface area contributed by atoms with Crippen molar-refractivity contribution in [3.63, 3.8) is 0 Å². The molecule has 3 unspecified atom stereocenters. The van der Waals surface area contributed by atoms with Crippen molar-refractivity contribution in [2.45, 2.75) is 38.5 Å². The maximum atomic E-state index is 12.2. The number of carboxylic acid groups (broad SMARTS) is 1. The van der Waals surface area contributed by atoms with Gasteiger partial charge in [0.25, 0.3) is 0 Å². The number of nitrogens with zero attached hydrogens (tertiary/aromatic N) is 1. The van der Waals surface area contributed by atoms with Crippen LogP contribution < -0.4 is 5.32 Å². The Balaban J connectivity index is 1.88. The van der Waals surface area contributed by atoms with Crippen LogP contribution in [0.1, 0.15) is 43.5 Å². The summed E-state index contributed by atoms with van der Waals surface area (Å²) >= 11 is 1.57. The summed E-state index contributed by atoms with van der Waals surface area (Å²) in [6.07, 6.45) is 4.87. The van der Waals surface area contributed by atoms with Crippen molar-refractivity contribution in [3.05, 3.63) is 16.6 Å². The van der Waals surface area contributed by atoms with E-state index in [-0.39, 0.29) is 17.7 Å². The molecule has 1 amide bonds. The van der Waals surface area contributed by atoms with E-state index < -0.39 is 11.9 Å². The lowest BCUT2D eigenvalue weighted by Gasteiger charge is -2.27. The summed E-state index contributed by atoms with van der Waals surface area (Å²) < 4.78 is 0. The van der Waals surface area contributed by atoms with Crippen LogP contribution in [-0.4, -0.2) is 28.5 Å². The maximum Gasteiger partial charge on any atom is 0.307 e. The van der Waals surface area contributed by atoms with Crippen LogP contribution >= 0.6 is 11.3 Å². The Bertz CT molecular complexity index is 461. The molecule has 1 aromatic rings. The molecule has 110 valence electrons. The number of rotatable bonds is 5. The van der Waals surface area contributed by atoms with Gasteiger partial charge >= 0.3 is 5.97 Å². The molecule has 2 rings (SSSR count). The molecule has 0 saturated heterocycles. The van der Waals surface area contributed by atoms with Crippen LogP contribution in [0.5, 0.6) is 0 Å². The molecule has 1 heterocycles. The lowest BCUT2D eigenvalue weighted by molar-refractivity contribution is -0.148. The van der Waals surface area contributed by atoms with E-state index >= 15 is 0 Å². The second-order valence-corrected chi connectivity index (χ2v) is 6.28. The van der Waals surface area contributed by atoms with E-state index in [0.29, 0.717) is 19.4 Å². The first kappa shape index (κ1) is 15.0. The number of aromatic nitrogens is 1. The molecule has 1 fully saturated rings. The smallest absolute Gasteiger partial charge is 0.307 e. The lowest BCUT2D eigenvalue weighted by Crippen LogP contribution is -2.40. The van der Waals surface area contributed by atoms with Crippen LogP contribution in [0.2, 0.25) is 0 Å². The summed E-state index contributed by atoms with van der Waals surface area (Å²) in [6, 6.07) is 0. The van der Waals surface area contributed by atoms with Gasteiger partial charge in [-0.15, -0.1) is 11.3 Å². The fourth-order valence-corrected chi connectivity index (χ4v) is 3.39. The second kappa shape index (κ2) is 6.83. The highest BCUT2D eigenvalue weighted by molar-refractivity contribution is 7.09. The number of carbonyl (C=O) groups is 2. The molecule has 6 heteroatoms. The van der Waals surface area contributed by atoms with Crippen molar-refractivity contribution in [3.8, 4) is 0 Å². The largest absolute Gasteiger partial charge is 0.481 e. The maximum absolute atomic E-state index is 12.2. The summed E-state index contributed by atoms with van der Waals surface area (Å²) in [5.74, 6) is -1.73. The number of aliphatic carboxylic acids is 1. The predicted octanol–water partition coefficient (Wildman–Crippen LogP) is 2.25. The van der Waals surface area contributed by atoms with E-state index in [1.165, 1.54) is 0 Å². The molecular formula is C14H20N2O3S. The van der Waals surface area contributed by atoms with Gasteiger partial charge < -0.3 is 10.4 Å². The Labute approximate surface area is 122 Å². The average Bonchev–Trinajstić information content (AvgIpc) is 2.98. The third-order valence-corrected chi connectivity index (χ3v) is 4.88. The molecular weight excluding hydrogens is 276 g/mol. The van der Waals surface area contributed by atoms with Gasteiger partial charge in [-0.1, -0.05) is 19.8 Å². The molecule has 0 spiro atoms. The van der Waals surface area contributed by atoms with Crippen LogP contribution in [-0.2, 0) is 9.59 Å². The lowest BCUT2D eigenvalue weighted by atomic mass is 9.78. The number of hydrogen-bond donors (Lipinski definition) is 2. The van der Waals surface area contributed by atoms with E-state index in [0.717, 1.165) is 17.8 Å². The number of nitrogens with one attached hydrogen (secondary N) is 1. The minimum atomic E-state index is -0.849. The molecule has 2 N–H and O–H groups in total. The molecule has 0 aromatic carbocycles. The van der Waals surface area contributed by atoms with Crippen molar-refractivity contribution in [1.82, 2.24) is 10.3 Å². The fraction of sp³-hybridized carbons (Fsp3) is 0.643. The van der Waals surface area contributed by atoms with Gasteiger partial charge in [0.15, 0.2) is 0 Å². The Hall–Kier alpha value is -1.43. The van der Waals surface area contributed by atoms with E-state index in [2.05, 4.69) is 10.3 Å². The highest BCUT2D eigenvalue weighted by Crippen LogP contribution is 2.30. The zero-order chi connectivity index (χ0) is 14.5. The minimum Gasteiger partial charge on any atom is -0.481 e. The summed E-state index contributed by atoms with van der Waals surface area (Å²) in [5.41, 5.74) is 0. The molecule has 0 bridgehead atoms. The Kier molecular flexibility index (Phi) is 5.11. The molecule has 0 aliphatic heterocycles. The van der Waals surface area contributed by atoms with Crippen molar-refractivity contribution in [2.75, 3.05) is 6.54 Å². The molecule has 20 heavy (non-hydrogen) atoms.